The quantitative estimate of drug-likeness (QED) is 0.592. The maximum atomic E-state index is 11.7. The second kappa shape index (κ2) is 8.17. The first-order chi connectivity index (χ1) is 12.4. The van der Waals surface area contributed by atoms with Crippen LogP contribution in [0.2, 0.25) is 5.02 Å². The van der Waals surface area contributed by atoms with Gasteiger partial charge in [-0.15, -0.1) is 0 Å². The van der Waals surface area contributed by atoms with Crippen molar-refractivity contribution in [1.29, 1.82) is 0 Å². The van der Waals surface area contributed by atoms with Crippen LogP contribution >= 0.6 is 11.6 Å². The normalized spacial score (nSPS) is 24.5. The van der Waals surface area contributed by atoms with Crippen LogP contribution in [0, 0.1) is 0 Å². The fourth-order valence-electron chi connectivity index (χ4n) is 4.05. The van der Waals surface area contributed by atoms with Crippen molar-refractivity contribution in [2.24, 2.45) is 4.99 Å². The highest BCUT2D eigenvalue weighted by Crippen LogP contribution is 2.41. The summed E-state index contributed by atoms with van der Waals surface area (Å²) in [6.07, 6.45) is 5.31. The van der Waals surface area contributed by atoms with Gasteiger partial charge in [-0.1, -0.05) is 36.6 Å². The Balaban J connectivity index is 1.75. The summed E-state index contributed by atoms with van der Waals surface area (Å²) in [5.41, 5.74) is 1.34. The summed E-state index contributed by atoms with van der Waals surface area (Å²) >= 11 is 6.05. The summed E-state index contributed by atoms with van der Waals surface area (Å²) in [6.45, 7) is 3.47. The van der Waals surface area contributed by atoms with Crippen molar-refractivity contribution in [1.82, 2.24) is 10.6 Å². The third kappa shape index (κ3) is 4.71. The van der Waals surface area contributed by atoms with E-state index in [9.17, 15) is 8.42 Å². The van der Waals surface area contributed by atoms with Gasteiger partial charge in [0, 0.05) is 23.0 Å². The predicted octanol–water partition coefficient (Wildman–Crippen LogP) is 2.89. The molecule has 0 amide bonds. The van der Waals surface area contributed by atoms with Crippen LogP contribution < -0.4 is 10.6 Å². The molecule has 1 aromatic carbocycles. The van der Waals surface area contributed by atoms with Gasteiger partial charge < -0.3 is 10.6 Å². The van der Waals surface area contributed by atoms with Crippen molar-refractivity contribution in [3.05, 3.63) is 34.9 Å². The Hall–Kier alpha value is -1.27. The molecule has 2 fully saturated rings. The molecule has 1 saturated carbocycles. The summed E-state index contributed by atoms with van der Waals surface area (Å²) in [5.74, 6) is 1.17. The smallest absolute Gasteiger partial charge is 0.191 e. The molecule has 1 unspecified atom stereocenters. The first kappa shape index (κ1) is 19.5. The Morgan fingerprint density at radius 2 is 1.96 bits per heavy atom. The molecule has 2 aliphatic rings. The van der Waals surface area contributed by atoms with E-state index in [4.69, 9.17) is 16.6 Å². The van der Waals surface area contributed by atoms with E-state index < -0.39 is 9.84 Å². The highest BCUT2D eigenvalue weighted by Gasteiger charge is 2.36. The molecule has 144 valence electrons. The first-order valence-corrected chi connectivity index (χ1v) is 11.6. The number of hydrogen-bond acceptors (Lipinski definition) is 3. The molecule has 7 heteroatoms. The molecule has 5 nitrogen and oxygen atoms in total. The van der Waals surface area contributed by atoms with Crippen molar-refractivity contribution in [3.8, 4) is 0 Å². The van der Waals surface area contributed by atoms with Crippen molar-refractivity contribution >= 4 is 27.4 Å². The van der Waals surface area contributed by atoms with Gasteiger partial charge in [-0.05, 0) is 43.9 Å². The average Bonchev–Trinajstić information content (AvgIpc) is 3.21. The maximum absolute atomic E-state index is 11.7. The van der Waals surface area contributed by atoms with E-state index in [2.05, 4.69) is 22.8 Å². The topological polar surface area (TPSA) is 70.6 Å². The molecule has 26 heavy (non-hydrogen) atoms. The molecule has 0 radical (unpaired) electrons. The molecule has 1 heterocycles. The van der Waals surface area contributed by atoms with Crippen LogP contribution in [0.5, 0.6) is 0 Å². The number of guanidine groups is 1. The van der Waals surface area contributed by atoms with Crippen molar-refractivity contribution < 1.29 is 8.42 Å². The fourth-order valence-corrected chi connectivity index (χ4v) is 5.85. The van der Waals surface area contributed by atoms with Gasteiger partial charge >= 0.3 is 0 Å². The SMILES string of the molecule is CCNC(=NCC1(c2ccc(Cl)cc2)CCCC1)NC1CCS(=O)(=O)C1. The molecule has 0 aromatic heterocycles. The Kier molecular flexibility index (Phi) is 6.13. The molecule has 0 bridgehead atoms. The van der Waals surface area contributed by atoms with Gasteiger partial charge in [0.2, 0.25) is 0 Å². The zero-order valence-electron chi connectivity index (χ0n) is 15.3. The molecule has 1 aliphatic heterocycles. The van der Waals surface area contributed by atoms with Gasteiger partial charge in [0.15, 0.2) is 15.8 Å². The second-order valence-corrected chi connectivity index (χ2v) is 10.1. The molecule has 1 aromatic rings. The number of aliphatic imine (C=N–C) groups is 1. The summed E-state index contributed by atoms with van der Waals surface area (Å²) < 4.78 is 23.4. The van der Waals surface area contributed by atoms with Crippen LogP contribution in [-0.2, 0) is 15.3 Å². The van der Waals surface area contributed by atoms with E-state index in [0.717, 1.165) is 30.4 Å². The summed E-state index contributed by atoms with van der Waals surface area (Å²) in [6, 6.07) is 8.09. The Morgan fingerprint density at radius 1 is 1.27 bits per heavy atom. The lowest BCUT2D eigenvalue weighted by atomic mass is 9.79. The van der Waals surface area contributed by atoms with Crippen molar-refractivity contribution in [2.45, 2.75) is 50.5 Å². The third-order valence-corrected chi connectivity index (χ3v) is 7.49. The van der Waals surface area contributed by atoms with Crippen LogP contribution in [0.4, 0.5) is 0 Å². The minimum Gasteiger partial charge on any atom is -0.357 e. The number of rotatable bonds is 5. The van der Waals surface area contributed by atoms with Crippen LogP contribution in [0.15, 0.2) is 29.3 Å². The fraction of sp³-hybridized carbons (Fsp3) is 0.632. The van der Waals surface area contributed by atoms with Crippen LogP contribution in [-0.4, -0.2) is 45.0 Å². The van der Waals surface area contributed by atoms with E-state index >= 15 is 0 Å². The number of nitrogens with one attached hydrogen (secondary N) is 2. The molecule has 3 rings (SSSR count). The third-order valence-electron chi connectivity index (χ3n) is 5.47. The van der Waals surface area contributed by atoms with Crippen molar-refractivity contribution in [2.75, 3.05) is 24.6 Å². The summed E-state index contributed by atoms with van der Waals surface area (Å²) in [7, 11) is -2.90. The van der Waals surface area contributed by atoms with E-state index in [1.165, 1.54) is 18.4 Å². The molecule has 2 N–H and O–H groups in total. The largest absolute Gasteiger partial charge is 0.357 e. The number of hydrogen-bond donors (Lipinski definition) is 2. The molecule has 1 aliphatic carbocycles. The molecule has 1 atom stereocenters. The van der Waals surface area contributed by atoms with Gasteiger partial charge in [0.25, 0.3) is 0 Å². The molecular formula is C19H28ClN3O2S. The Labute approximate surface area is 161 Å². The van der Waals surface area contributed by atoms with Gasteiger partial charge in [0.1, 0.15) is 0 Å². The van der Waals surface area contributed by atoms with Gasteiger partial charge in [-0.2, -0.15) is 0 Å². The lowest BCUT2D eigenvalue weighted by Gasteiger charge is -2.28. The lowest BCUT2D eigenvalue weighted by Crippen LogP contribution is -2.44. The minimum atomic E-state index is -2.90. The van der Waals surface area contributed by atoms with Gasteiger partial charge in [-0.25, -0.2) is 8.42 Å². The standard InChI is InChI=1S/C19H28ClN3O2S/c1-2-21-18(23-17-9-12-26(24,25)13-17)22-14-19(10-3-4-11-19)15-5-7-16(20)8-6-15/h5-8,17H,2-4,9-14H2,1H3,(H2,21,22,23). The summed E-state index contributed by atoms with van der Waals surface area (Å²) in [4.78, 5) is 4.84. The molecule has 0 spiro atoms. The number of halogens is 1. The van der Waals surface area contributed by atoms with Crippen LogP contribution in [0.25, 0.3) is 0 Å². The van der Waals surface area contributed by atoms with E-state index in [1.807, 2.05) is 19.1 Å². The van der Waals surface area contributed by atoms with Gasteiger partial charge in [0.05, 0.1) is 18.1 Å². The van der Waals surface area contributed by atoms with E-state index in [1.54, 1.807) is 0 Å². The number of sulfone groups is 1. The van der Waals surface area contributed by atoms with Gasteiger partial charge in [-0.3, -0.25) is 4.99 Å². The molecule has 1 saturated heterocycles. The Morgan fingerprint density at radius 3 is 2.54 bits per heavy atom. The monoisotopic (exact) mass is 397 g/mol. The number of nitrogens with zero attached hydrogens (tertiary/aromatic N) is 1. The highest BCUT2D eigenvalue weighted by molar-refractivity contribution is 7.91. The number of benzene rings is 1. The van der Waals surface area contributed by atoms with Crippen LogP contribution in [0.3, 0.4) is 0 Å². The summed E-state index contributed by atoms with van der Waals surface area (Å²) in [5, 5.41) is 7.33. The second-order valence-electron chi connectivity index (χ2n) is 7.43. The zero-order valence-corrected chi connectivity index (χ0v) is 16.9. The zero-order chi connectivity index (χ0) is 18.6. The van der Waals surface area contributed by atoms with Crippen LogP contribution in [0.1, 0.15) is 44.6 Å². The minimum absolute atomic E-state index is 0.0483. The van der Waals surface area contributed by atoms with E-state index in [0.29, 0.717) is 13.0 Å². The van der Waals surface area contributed by atoms with E-state index in [-0.39, 0.29) is 23.0 Å². The highest BCUT2D eigenvalue weighted by atomic mass is 35.5. The lowest BCUT2D eigenvalue weighted by molar-refractivity contribution is 0.452. The Bertz CT molecular complexity index is 741. The predicted molar refractivity (Wildman–Crippen MR) is 108 cm³/mol. The first-order valence-electron chi connectivity index (χ1n) is 9.44. The maximum Gasteiger partial charge on any atom is 0.191 e. The van der Waals surface area contributed by atoms with Crippen molar-refractivity contribution in [3.63, 3.8) is 0 Å². The average molecular weight is 398 g/mol. The molecular weight excluding hydrogens is 370 g/mol.